The second-order valence-corrected chi connectivity index (χ2v) is 5.34. The van der Waals surface area contributed by atoms with Crippen molar-refractivity contribution >= 4 is 12.0 Å². The van der Waals surface area contributed by atoms with Gasteiger partial charge in [0.15, 0.2) is 0 Å². The number of hydrogen-bond acceptors (Lipinski definition) is 4. The van der Waals surface area contributed by atoms with Crippen molar-refractivity contribution in [2.24, 2.45) is 0 Å². The lowest BCUT2D eigenvalue weighted by Crippen LogP contribution is -2.48. The third-order valence-electron chi connectivity index (χ3n) is 2.46. The molecule has 0 aromatic carbocycles. The molecule has 0 aliphatic carbocycles. The van der Waals surface area contributed by atoms with Gasteiger partial charge < -0.3 is 20.3 Å². The normalized spacial score (nSPS) is 16.6. The molecule has 2 N–H and O–H groups in total. The van der Waals surface area contributed by atoms with E-state index >= 15 is 0 Å². The number of rotatable bonds is 4. The van der Waals surface area contributed by atoms with Crippen LogP contribution >= 0.6 is 0 Å². The summed E-state index contributed by atoms with van der Waals surface area (Å²) >= 11 is 0. The van der Waals surface area contributed by atoms with Crippen LogP contribution in [0.4, 0.5) is 4.79 Å². The number of hydrogen-bond donors (Lipinski definition) is 2. The molecule has 104 valence electrons. The Labute approximate surface area is 108 Å². The van der Waals surface area contributed by atoms with E-state index in [-0.39, 0.29) is 5.91 Å². The quantitative estimate of drug-likeness (QED) is 0.712. The van der Waals surface area contributed by atoms with Crippen molar-refractivity contribution in [3.05, 3.63) is 0 Å². The van der Waals surface area contributed by atoms with Gasteiger partial charge in [-0.1, -0.05) is 0 Å². The first-order valence-electron chi connectivity index (χ1n) is 6.34. The minimum atomic E-state index is -0.474. The lowest BCUT2D eigenvalue weighted by Gasteiger charge is -2.27. The molecule has 6 nitrogen and oxygen atoms in total. The van der Waals surface area contributed by atoms with Gasteiger partial charge in [0.2, 0.25) is 5.91 Å². The Hall–Kier alpha value is -1.30. The van der Waals surface area contributed by atoms with Gasteiger partial charge >= 0.3 is 6.09 Å². The largest absolute Gasteiger partial charge is 0.444 e. The fourth-order valence-corrected chi connectivity index (χ4v) is 1.66. The highest BCUT2D eigenvalue weighted by Crippen LogP contribution is 2.06. The van der Waals surface area contributed by atoms with Crippen molar-refractivity contribution in [2.45, 2.75) is 32.8 Å². The van der Waals surface area contributed by atoms with E-state index in [0.29, 0.717) is 19.6 Å². The molecule has 1 rings (SSSR count). The van der Waals surface area contributed by atoms with Gasteiger partial charge in [-0.25, -0.2) is 4.79 Å². The topological polar surface area (TPSA) is 70.7 Å². The van der Waals surface area contributed by atoms with Crippen LogP contribution in [-0.4, -0.2) is 55.2 Å². The lowest BCUT2D eigenvalue weighted by atomic mass is 10.2. The maximum absolute atomic E-state index is 11.5. The molecule has 18 heavy (non-hydrogen) atoms. The molecular formula is C12H23N3O3. The lowest BCUT2D eigenvalue weighted by molar-refractivity contribution is -0.131. The summed E-state index contributed by atoms with van der Waals surface area (Å²) in [5.74, 6) is 0.124. The second kappa shape index (κ2) is 6.58. The zero-order valence-electron chi connectivity index (χ0n) is 11.4. The number of carbonyl (C=O) groups excluding carboxylic acids is 2. The molecule has 0 radical (unpaired) electrons. The number of nitrogens with zero attached hydrogens (tertiary/aromatic N) is 1. The predicted molar refractivity (Wildman–Crippen MR) is 68.3 cm³/mol. The first-order valence-corrected chi connectivity index (χ1v) is 6.34. The van der Waals surface area contributed by atoms with Crippen LogP contribution < -0.4 is 10.6 Å². The van der Waals surface area contributed by atoms with Crippen molar-refractivity contribution in [3.63, 3.8) is 0 Å². The summed E-state index contributed by atoms with van der Waals surface area (Å²) in [5.41, 5.74) is -0.474. The molecule has 2 amide bonds. The Balaban J connectivity index is 2.11. The predicted octanol–water partition coefficient (Wildman–Crippen LogP) is 0.333. The van der Waals surface area contributed by atoms with E-state index in [1.807, 2.05) is 25.7 Å². The third kappa shape index (κ3) is 5.86. The molecule has 0 atom stereocenters. The van der Waals surface area contributed by atoms with Crippen LogP contribution in [0, 0.1) is 0 Å². The van der Waals surface area contributed by atoms with Crippen molar-refractivity contribution in [3.8, 4) is 0 Å². The molecule has 1 aliphatic rings. The van der Waals surface area contributed by atoms with Crippen molar-refractivity contribution in [2.75, 3.05) is 32.7 Å². The van der Waals surface area contributed by atoms with E-state index in [2.05, 4.69) is 10.6 Å². The molecule has 0 aromatic rings. The number of carbonyl (C=O) groups is 2. The van der Waals surface area contributed by atoms with Gasteiger partial charge in [-0.2, -0.15) is 0 Å². The summed E-state index contributed by atoms with van der Waals surface area (Å²) in [7, 11) is 0. The summed E-state index contributed by atoms with van der Waals surface area (Å²) in [6.45, 7) is 8.67. The molecule has 0 saturated carbocycles. The fraction of sp³-hybridized carbons (Fsp3) is 0.833. The SMILES string of the molecule is CC(C)(C)OC(=O)NCCCN1CCNCC1=O. The summed E-state index contributed by atoms with van der Waals surface area (Å²) in [6, 6.07) is 0. The van der Waals surface area contributed by atoms with Crippen molar-refractivity contribution in [1.82, 2.24) is 15.5 Å². The second-order valence-electron chi connectivity index (χ2n) is 5.34. The maximum Gasteiger partial charge on any atom is 0.407 e. The molecule has 1 saturated heterocycles. The van der Waals surface area contributed by atoms with Gasteiger partial charge in [-0.15, -0.1) is 0 Å². The van der Waals surface area contributed by atoms with Gasteiger partial charge in [-0.05, 0) is 27.2 Å². The zero-order chi connectivity index (χ0) is 13.6. The molecule has 1 heterocycles. The summed E-state index contributed by atoms with van der Waals surface area (Å²) in [6.07, 6.45) is 0.333. The molecule has 0 unspecified atom stereocenters. The minimum absolute atomic E-state index is 0.124. The highest BCUT2D eigenvalue weighted by Gasteiger charge is 2.17. The minimum Gasteiger partial charge on any atom is -0.444 e. The first kappa shape index (κ1) is 14.8. The van der Waals surface area contributed by atoms with Crippen LogP contribution in [0.2, 0.25) is 0 Å². The Morgan fingerprint density at radius 3 is 2.83 bits per heavy atom. The van der Waals surface area contributed by atoms with E-state index in [9.17, 15) is 9.59 Å². The summed E-state index contributed by atoms with van der Waals surface area (Å²) < 4.78 is 5.11. The first-order chi connectivity index (χ1) is 8.38. The van der Waals surface area contributed by atoms with Crippen molar-refractivity contribution in [1.29, 1.82) is 0 Å². The Kier molecular flexibility index (Phi) is 5.40. The van der Waals surface area contributed by atoms with E-state index < -0.39 is 11.7 Å². The fourth-order valence-electron chi connectivity index (χ4n) is 1.66. The average molecular weight is 257 g/mol. The van der Waals surface area contributed by atoms with Gasteiger partial charge in [0.05, 0.1) is 6.54 Å². The Bertz CT molecular complexity index is 299. The van der Waals surface area contributed by atoms with Crippen molar-refractivity contribution < 1.29 is 14.3 Å². The van der Waals surface area contributed by atoms with Gasteiger partial charge in [0.25, 0.3) is 0 Å². The van der Waals surface area contributed by atoms with Crippen LogP contribution in [0.15, 0.2) is 0 Å². The number of piperazine rings is 1. The Morgan fingerprint density at radius 2 is 2.22 bits per heavy atom. The average Bonchev–Trinajstić information content (AvgIpc) is 2.24. The summed E-state index contributed by atoms with van der Waals surface area (Å²) in [4.78, 5) is 24.6. The van der Waals surface area contributed by atoms with Gasteiger partial charge in [-0.3, -0.25) is 4.79 Å². The van der Waals surface area contributed by atoms with Gasteiger partial charge in [0.1, 0.15) is 5.60 Å². The van der Waals surface area contributed by atoms with Crippen LogP contribution in [0.5, 0.6) is 0 Å². The Morgan fingerprint density at radius 1 is 1.50 bits per heavy atom. The maximum atomic E-state index is 11.5. The van der Waals surface area contributed by atoms with Crippen LogP contribution in [0.3, 0.4) is 0 Å². The van der Waals surface area contributed by atoms with E-state index in [0.717, 1.165) is 19.5 Å². The standard InChI is InChI=1S/C12H23N3O3/c1-12(2,3)18-11(17)14-5-4-7-15-8-6-13-9-10(15)16/h13H,4-9H2,1-3H3,(H,14,17). The zero-order valence-corrected chi connectivity index (χ0v) is 11.4. The van der Waals surface area contributed by atoms with Crippen LogP contribution in [0.1, 0.15) is 27.2 Å². The highest BCUT2D eigenvalue weighted by molar-refractivity contribution is 5.78. The van der Waals surface area contributed by atoms with Crippen LogP contribution in [0.25, 0.3) is 0 Å². The molecule has 0 aromatic heterocycles. The number of amides is 2. The molecule has 0 bridgehead atoms. The molecule has 1 fully saturated rings. The molecule has 1 aliphatic heterocycles. The van der Waals surface area contributed by atoms with E-state index in [1.54, 1.807) is 0 Å². The third-order valence-corrected chi connectivity index (χ3v) is 2.46. The molecule has 6 heteroatoms. The van der Waals surface area contributed by atoms with E-state index in [1.165, 1.54) is 0 Å². The number of alkyl carbamates (subject to hydrolysis) is 1. The van der Waals surface area contributed by atoms with Crippen LogP contribution in [-0.2, 0) is 9.53 Å². The monoisotopic (exact) mass is 257 g/mol. The van der Waals surface area contributed by atoms with Gasteiger partial charge in [0, 0.05) is 26.2 Å². The molecular weight excluding hydrogens is 234 g/mol. The molecule has 0 spiro atoms. The number of ether oxygens (including phenoxy) is 1. The highest BCUT2D eigenvalue weighted by atomic mass is 16.6. The van der Waals surface area contributed by atoms with E-state index in [4.69, 9.17) is 4.74 Å². The smallest absolute Gasteiger partial charge is 0.407 e. The number of nitrogens with one attached hydrogen (secondary N) is 2. The summed E-state index contributed by atoms with van der Waals surface area (Å²) in [5, 5.41) is 5.70.